The topological polar surface area (TPSA) is 402 Å². The summed E-state index contributed by atoms with van der Waals surface area (Å²) in [5.74, 6) is 2.52. The Morgan fingerprint density at radius 3 is 1.39 bits per heavy atom. The highest BCUT2D eigenvalue weighted by Gasteiger charge is 2.52. The SMILES string of the molecule is C.C.C.C.C.CC(=O)NN.CC(=O)NNC(=O)c1cnc(Cl)cc1NC(C)C.CC(C)Nc1cc(Cl)ncc1C(=O)O.CC1(C)OB(c2ccc3cc(C#N)cnn23)OC1(C)C.Cc1nnc(-c2cnc(-c3ccc4cc(C#N)cnn34)cc2NC(C)C)s1.Cc1nnc(-c2cnc(Cl)cc2NC(C)C)s1.[2H]CF. The van der Waals surface area contributed by atoms with Crippen LogP contribution in [0, 0.1) is 36.5 Å². The zero-order chi connectivity index (χ0) is 77.3. The molecule has 1 aliphatic rings. The molecular formula is C72H101BCl3FN22O7S2. The predicted molar refractivity (Wildman–Crippen MR) is 436 cm³/mol. The normalized spacial score (nSPS) is 11.7. The summed E-state index contributed by atoms with van der Waals surface area (Å²) in [5.41, 5.74) is 16.1. The standard InChI is InChI=1S/C19H17N7S.C14H16BN3O2.C11H15ClN4O2.C11H13ClN4S.C9H11ClN2O2.C2H6N2O.CH3F.5CH4/c1-11(2)23-16-7-17(21-10-15(16)19-25-24-12(3)27-19)18-5-4-14-6-13(8-20)9-22-26(14)18;1-13(2)14(3,4)20-15(19-13)12-6-5-11-7-10(8-16)9-17-18(11)12;1-6(2)14-9-4-10(12)13-5-8(9)11(18)16-15-7(3)17;1-6(2)14-9-4-10(12)13-5-8(9)11-16-15-7(3)17-11;1-5(2)12-7-3-8(10)11-4-6(7)9(13)14;1-2(5)4-3;1-2;;;;;/h4-7,9-11H,1-3H3,(H,21,23);5-7,9H,1-4H3;4-6H,1-3H3,(H,13,14)(H,15,17)(H,16,18);4-6H,1-3H3,(H,13,14);3-5H,1-2H3,(H,11,12)(H,13,14);3H2,1H3,(H,4,5);1H3;5*1H4/i;;;;;;1D;;;;;. The van der Waals surface area contributed by atoms with Gasteiger partial charge in [-0.05, 0) is 158 Å². The van der Waals surface area contributed by atoms with Gasteiger partial charge in [-0.25, -0.2) is 34.6 Å². The molecule has 11 rings (SSSR count). The van der Waals surface area contributed by atoms with E-state index >= 15 is 0 Å². The van der Waals surface area contributed by atoms with Crippen molar-refractivity contribution in [3.63, 3.8) is 0 Å². The average Bonchev–Trinajstić information content (AvgIpc) is 1.62. The summed E-state index contributed by atoms with van der Waals surface area (Å²) in [6.45, 7) is 30.6. The maximum absolute atomic E-state index is 11.8. The lowest BCUT2D eigenvalue weighted by Crippen LogP contribution is -2.41. The molecular weight excluding hydrogens is 1490 g/mol. The fourth-order valence-corrected chi connectivity index (χ4v) is 10.7. The number of nitrogens with two attached hydrogens (primary N) is 1. The summed E-state index contributed by atoms with van der Waals surface area (Å²) in [7, 11) is -1.46. The highest BCUT2D eigenvalue weighted by Crippen LogP contribution is 2.38. The van der Waals surface area contributed by atoms with Crippen LogP contribution in [0.25, 0.3) is 43.6 Å². The van der Waals surface area contributed by atoms with E-state index in [1.54, 1.807) is 62.4 Å². The number of aryl methyl sites for hydroxylation is 2. The third-order valence-electron chi connectivity index (χ3n) is 13.9. The van der Waals surface area contributed by atoms with Gasteiger partial charge in [-0.15, -0.1) is 20.4 Å². The predicted octanol–water partition coefficient (Wildman–Crippen LogP) is 15.2. The van der Waals surface area contributed by atoms with Gasteiger partial charge in [0.15, 0.2) is 10.0 Å². The molecule has 1 saturated heterocycles. The van der Waals surface area contributed by atoms with E-state index in [2.05, 4.69) is 128 Å². The first-order valence-corrected chi connectivity index (χ1v) is 34.2. The highest BCUT2D eigenvalue weighted by atomic mass is 35.5. The van der Waals surface area contributed by atoms with Gasteiger partial charge in [0.2, 0.25) is 11.8 Å². The highest BCUT2D eigenvalue weighted by molar-refractivity contribution is 7.15. The number of nitriles is 2. The van der Waals surface area contributed by atoms with Crippen LogP contribution in [0.3, 0.4) is 0 Å². The number of halogens is 4. The van der Waals surface area contributed by atoms with Crippen LogP contribution < -0.4 is 49.0 Å². The molecule has 10 aromatic heterocycles. The van der Waals surface area contributed by atoms with E-state index < -0.39 is 26.1 Å². The number of rotatable bonds is 14. The third-order valence-corrected chi connectivity index (χ3v) is 16.2. The van der Waals surface area contributed by atoms with Crippen molar-refractivity contribution in [2.24, 2.45) is 5.84 Å². The van der Waals surface area contributed by atoms with Crippen molar-refractivity contribution in [2.45, 2.75) is 183 Å². The Kier molecular flexibility index (Phi) is 40.4. The smallest absolute Gasteiger partial charge is 0.478 e. The van der Waals surface area contributed by atoms with Crippen molar-refractivity contribution in [1.29, 1.82) is 10.5 Å². The Bertz CT molecular complexity index is 4650. The molecule has 0 aromatic carbocycles. The van der Waals surface area contributed by atoms with E-state index in [0.29, 0.717) is 39.3 Å². The number of aromatic nitrogens is 12. The van der Waals surface area contributed by atoms with Gasteiger partial charge in [0.25, 0.3) is 5.91 Å². The number of aromatic carboxylic acids is 1. The van der Waals surface area contributed by atoms with E-state index in [-0.39, 0.29) is 94.1 Å². The van der Waals surface area contributed by atoms with E-state index in [4.69, 9.17) is 61.1 Å². The number of hydrazine groups is 2. The van der Waals surface area contributed by atoms with Crippen LogP contribution in [-0.2, 0) is 18.9 Å². The number of amides is 3. The molecule has 10 aromatic rings. The number of carbonyl (C=O) groups is 4. The molecule has 0 atom stereocenters. The zero-order valence-electron chi connectivity index (χ0n) is 60.4. The Labute approximate surface area is 657 Å². The molecule has 3 amide bonds. The van der Waals surface area contributed by atoms with Crippen molar-refractivity contribution in [1.82, 2.24) is 75.8 Å². The van der Waals surface area contributed by atoms with Gasteiger partial charge < -0.3 is 35.7 Å². The van der Waals surface area contributed by atoms with Crippen LogP contribution in [-0.4, -0.2) is 138 Å². The zero-order valence-corrected chi connectivity index (χ0v) is 63.3. The average molecular weight is 1590 g/mol. The summed E-state index contributed by atoms with van der Waals surface area (Å²) in [4.78, 5) is 59.2. The number of nitrogens with zero attached hydrogens (tertiary/aromatic N) is 14. The molecule has 584 valence electrons. The number of hydrogen-bond donors (Lipinski definition) is 9. The molecule has 29 nitrogen and oxygen atoms in total. The second kappa shape index (κ2) is 45.5. The van der Waals surface area contributed by atoms with Crippen LogP contribution in [0.4, 0.5) is 27.1 Å². The quantitative estimate of drug-likeness (QED) is 0.0160. The van der Waals surface area contributed by atoms with Crippen LogP contribution in [0.1, 0.15) is 177 Å². The maximum Gasteiger partial charge on any atom is 0.514 e. The monoisotopic (exact) mass is 1590 g/mol. The first kappa shape index (κ1) is 95.9. The summed E-state index contributed by atoms with van der Waals surface area (Å²) in [6, 6.07) is 23.3. The summed E-state index contributed by atoms with van der Waals surface area (Å²) in [6.07, 6.45) is 9.25. The number of anilines is 4. The molecule has 0 saturated carbocycles. The Balaban J connectivity index is 0.00000131. The second-order valence-corrected chi connectivity index (χ2v) is 27.8. The number of carbonyl (C=O) groups excluding carboxylic acids is 3. The minimum atomic E-state index is -1.02. The lowest BCUT2D eigenvalue weighted by molar-refractivity contribution is -0.120. The van der Waals surface area contributed by atoms with Crippen molar-refractivity contribution in [3.8, 4) is 44.7 Å². The molecule has 0 unspecified atom stereocenters. The number of fused-ring (bicyclic) bond motifs is 2. The minimum absolute atomic E-state index is 0. The Morgan fingerprint density at radius 1 is 0.583 bits per heavy atom. The Morgan fingerprint density at radius 2 is 0.972 bits per heavy atom. The summed E-state index contributed by atoms with van der Waals surface area (Å²) >= 11 is 20.4. The van der Waals surface area contributed by atoms with Crippen LogP contribution in [0.15, 0.2) is 97.8 Å². The van der Waals surface area contributed by atoms with E-state index in [1.165, 1.54) is 32.3 Å². The summed E-state index contributed by atoms with van der Waals surface area (Å²) in [5, 5.41) is 69.4. The molecule has 1 aliphatic heterocycles. The van der Waals surface area contributed by atoms with Crippen LogP contribution in [0.2, 0.25) is 15.5 Å². The summed E-state index contributed by atoms with van der Waals surface area (Å²) < 4.78 is 31.1. The van der Waals surface area contributed by atoms with Gasteiger partial charge in [-0.2, -0.15) is 20.7 Å². The lowest BCUT2D eigenvalue weighted by Gasteiger charge is -2.32. The van der Waals surface area contributed by atoms with Crippen LogP contribution in [0.5, 0.6) is 0 Å². The molecule has 0 bridgehead atoms. The van der Waals surface area contributed by atoms with Gasteiger partial charge >= 0.3 is 13.1 Å². The van der Waals surface area contributed by atoms with Gasteiger partial charge in [-0.1, -0.05) is 94.6 Å². The fourth-order valence-electron chi connectivity index (χ4n) is 8.80. The van der Waals surface area contributed by atoms with Crippen molar-refractivity contribution in [2.75, 3.05) is 28.4 Å². The lowest BCUT2D eigenvalue weighted by atomic mass is 9.85. The van der Waals surface area contributed by atoms with E-state index in [0.717, 1.165) is 70.5 Å². The number of nitrogens with one attached hydrogen (secondary N) is 7. The molecule has 0 aliphatic carbocycles. The maximum atomic E-state index is 11.8. The van der Waals surface area contributed by atoms with Gasteiger partial charge in [0.1, 0.15) is 43.2 Å². The van der Waals surface area contributed by atoms with Crippen molar-refractivity contribution < 1.29 is 39.4 Å². The second-order valence-electron chi connectivity index (χ2n) is 24.3. The van der Waals surface area contributed by atoms with Crippen molar-refractivity contribution >= 4 is 128 Å². The van der Waals surface area contributed by atoms with E-state index in [1.807, 2.05) is 123 Å². The molecule has 36 heteroatoms. The first-order chi connectivity index (χ1) is 49.0. The molecule has 0 radical (unpaired) electrons. The molecule has 11 heterocycles. The molecule has 0 spiro atoms. The molecule has 1 fully saturated rings. The largest absolute Gasteiger partial charge is 0.514 e. The van der Waals surface area contributed by atoms with E-state index in [9.17, 15) is 23.6 Å². The number of pyridine rings is 4. The molecule has 10 N–H and O–H groups in total. The number of carboxylic acid groups (broad SMARTS) is 1. The third kappa shape index (κ3) is 28.6. The number of hydrogen-bond acceptors (Lipinski definition) is 25. The number of alkyl halides is 1. The minimum Gasteiger partial charge on any atom is -0.478 e. The molecule has 108 heavy (non-hydrogen) atoms. The fraction of sp³-hybridized carbons (Fsp3) is 0.389. The van der Waals surface area contributed by atoms with Gasteiger partial charge in [0.05, 0.1) is 99.3 Å². The van der Waals surface area contributed by atoms with Gasteiger partial charge in [-0.3, -0.25) is 40.0 Å². The van der Waals surface area contributed by atoms with Gasteiger partial charge in [0, 0.05) is 74.2 Å². The number of carboxylic acids is 1. The Hall–Kier alpha value is -10.1. The van der Waals surface area contributed by atoms with Crippen LogP contribution >= 0.6 is 57.5 Å². The van der Waals surface area contributed by atoms with Crippen molar-refractivity contribution in [3.05, 3.63) is 146 Å². The first-order valence-electron chi connectivity index (χ1n) is 32.1.